The lowest BCUT2D eigenvalue weighted by Gasteiger charge is -2.16. The number of carbonyl (C=O) groups excluding carboxylic acids is 2. The maximum Gasteiger partial charge on any atom is 0.256 e. The van der Waals surface area contributed by atoms with E-state index in [1.165, 1.54) is 29.4 Å². The number of fused-ring (bicyclic) bond motifs is 1. The zero-order chi connectivity index (χ0) is 25.8. The number of ether oxygens (including phenoxy) is 1. The third-order valence-electron chi connectivity index (χ3n) is 5.92. The minimum atomic E-state index is -1.32. The van der Waals surface area contributed by atoms with Gasteiger partial charge in [-0.05, 0) is 23.8 Å². The predicted octanol–water partition coefficient (Wildman–Crippen LogP) is 1.57. The van der Waals surface area contributed by atoms with E-state index in [9.17, 15) is 19.8 Å². The first kappa shape index (κ1) is 24.3. The van der Waals surface area contributed by atoms with Crippen LogP contribution in [0.2, 0.25) is 0 Å². The minimum absolute atomic E-state index is 0.192. The fourth-order valence-corrected chi connectivity index (χ4v) is 4.00. The van der Waals surface area contributed by atoms with E-state index in [-0.39, 0.29) is 23.1 Å². The second-order valence-electron chi connectivity index (χ2n) is 8.40. The summed E-state index contributed by atoms with van der Waals surface area (Å²) in [5.41, 5.74) is 1.98. The molecule has 2 aromatic carbocycles. The Morgan fingerprint density at radius 3 is 2.46 bits per heavy atom. The first-order chi connectivity index (χ1) is 18.0. The van der Waals surface area contributed by atoms with Gasteiger partial charge in [-0.2, -0.15) is 0 Å². The number of amides is 2. The lowest BCUT2D eigenvalue weighted by Crippen LogP contribution is -2.31. The Morgan fingerprint density at radius 1 is 0.973 bits per heavy atom. The van der Waals surface area contributed by atoms with Crippen LogP contribution < -0.4 is 10.6 Å². The molecule has 188 valence electrons. The second kappa shape index (κ2) is 10.7. The molecular weight excluding hydrogens is 476 g/mol. The van der Waals surface area contributed by atoms with Gasteiger partial charge in [0.25, 0.3) is 5.91 Å². The Bertz CT molecular complexity index is 1430. The highest BCUT2D eigenvalue weighted by molar-refractivity contribution is 6.06. The molecule has 0 bridgehead atoms. The third-order valence-corrected chi connectivity index (χ3v) is 5.92. The van der Waals surface area contributed by atoms with Crippen molar-refractivity contribution in [1.29, 1.82) is 0 Å². The van der Waals surface area contributed by atoms with Gasteiger partial charge in [0.15, 0.2) is 23.2 Å². The summed E-state index contributed by atoms with van der Waals surface area (Å²) in [6.45, 7) is 0.354. The Kier molecular flexibility index (Phi) is 6.99. The van der Waals surface area contributed by atoms with Crippen molar-refractivity contribution in [2.75, 3.05) is 5.32 Å². The highest BCUT2D eigenvalue weighted by atomic mass is 16.6. The van der Waals surface area contributed by atoms with Gasteiger partial charge in [-0.1, -0.05) is 48.5 Å². The number of imidazole rings is 1. The Morgan fingerprint density at radius 2 is 1.70 bits per heavy atom. The summed E-state index contributed by atoms with van der Waals surface area (Å²) in [5.74, 6) is -0.534. The molecular formula is C26H24N6O5. The van der Waals surface area contributed by atoms with Crippen LogP contribution in [0.3, 0.4) is 0 Å². The van der Waals surface area contributed by atoms with E-state index in [2.05, 4.69) is 25.6 Å². The zero-order valence-corrected chi connectivity index (χ0v) is 19.5. The number of anilines is 1. The second-order valence-corrected chi connectivity index (χ2v) is 8.40. The molecule has 0 spiro atoms. The zero-order valence-electron chi connectivity index (χ0n) is 19.5. The van der Waals surface area contributed by atoms with Crippen LogP contribution in [-0.4, -0.2) is 59.9 Å². The highest BCUT2D eigenvalue weighted by Crippen LogP contribution is 2.32. The van der Waals surface area contributed by atoms with Gasteiger partial charge in [-0.25, -0.2) is 15.0 Å². The molecule has 0 aliphatic carbocycles. The molecule has 5 rings (SSSR count). The van der Waals surface area contributed by atoms with Gasteiger partial charge in [-0.15, -0.1) is 0 Å². The number of nitrogens with zero attached hydrogens (tertiary/aromatic N) is 4. The molecule has 4 aromatic rings. The number of aliphatic hydroxyl groups is 2. The van der Waals surface area contributed by atoms with Crippen molar-refractivity contribution in [3.05, 3.63) is 96.6 Å². The number of nitrogens with one attached hydrogen (secondary N) is 2. The van der Waals surface area contributed by atoms with Gasteiger partial charge >= 0.3 is 0 Å². The molecule has 4 atom stereocenters. The molecule has 2 aromatic heterocycles. The summed E-state index contributed by atoms with van der Waals surface area (Å²) < 4.78 is 7.30. The largest absolute Gasteiger partial charge is 0.387 e. The summed E-state index contributed by atoms with van der Waals surface area (Å²) in [7, 11) is 0. The van der Waals surface area contributed by atoms with Crippen molar-refractivity contribution in [3.8, 4) is 0 Å². The molecule has 2 amide bonds. The van der Waals surface area contributed by atoms with E-state index < -0.39 is 24.5 Å². The third kappa shape index (κ3) is 5.23. The smallest absolute Gasteiger partial charge is 0.256 e. The van der Waals surface area contributed by atoms with E-state index in [4.69, 9.17) is 4.74 Å². The molecule has 0 radical (unpaired) electrons. The maximum atomic E-state index is 12.6. The normalized spacial score (nSPS) is 21.4. The molecule has 11 heteroatoms. The fraction of sp³-hybridized carbons (Fsp3) is 0.192. The highest BCUT2D eigenvalue weighted by Gasteiger charge is 2.43. The lowest BCUT2D eigenvalue weighted by atomic mass is 10.1. The molecule has 0 unspecified atom stereocenters. The molecule has 1 saturated heterocycles. The van der Waals surface area contributed by atoms with Crippen molar-refractivity contribution in [3.63, 3.8) is 0 Å². The minimum Gasteiger partial charge on any atom is -0.387 e. The van der Waals surface area contributed by atoms with Gasteiger partial charge in [0.1, 0.15) is 24.6 Å². The summed E-state index contributed by atoms with van der Waals surface area (Å²) in [5, 5.41) is 26.7. The standard InChI is InChI=1S/C26H24N6O5/c33-19(27-13-16-7-3-1-4-8-16)12-11-18-21(34)22(35)26(37-18)32-15-30-20-23(28-14-29-24(20)32)31-25(36)17-9-5-2-6-10-17/h1-12,14-15,18,21-22,26,34-35H,13H2,(H,27,33)(H,28,29,31,36)/b12-11+/t18-,21-,22-,26-/m1/s1. The van der Waals surface area contributed by atoms with Crippen molar-refractivity contribution in [2.24, 2.45) is 0 Å². The Hall–Kier alpha value is -4.45. The number of rotatable bonds is 7. The van der Waals surface area contributed by atoms with Crippen molar-refractivity contribution in [1.82, 2.24) is 24.8 Å². The summed E-state index contributed by atoms with van der Waals surface area (Å²) in [6.07, 6.45) is 0.708. The van der Waals surface area contributed by atoms with Crippen LogP contribution in [0, 0.1) is 0 Å². The van der Waals surface area contributed by atoms with Gasteiger partial charge < -0.3 is 25.6 Å². The summed E-state index contributed by atoms with van der Waals surface area (Å²) in [4.78, 5) is 37.4. The van der Waals surface area contributed by atoms with Crippen LogP contribution in [0.5, 0.6) is 0 Å². The molecule has 0 saturated carbocycles. The maximum absolute atomic E-state index is 12.6. The van der Waals surface area contributed by atoms with Gasteiger partial charge in [0, 0.05) is 18.2 Å². The van der Waals surface area contributed by atoms with E-state index >= 15 is 0 Å². The van der Waals surface area contributed by atoms with Crippen molar-refractivity contribution in [2.45, 2.75) is 31.1 Å². The summed E-state index contributed by atoms with van der Waals surface area (Å²) >= 11 is 0. The number of carbonyl (C=O) groups is 2. The molecule has 37 heavy (non-hydrogen) atoms. The number of hydrogen-bond donors (Lipinski definition) is 4. The molecule has 11 nitrogen and oxygen atoms in total. The van der Waals surface area contributed by atoms with Crippen LogP contribution in [-0.2, 0) is 16.1 Å². The van der Waals surface area contributed by atoms with E-state index in [1.807, 2.05) is 36.4 Å². The van der Waals surface area contributed by atoms with Gasteiger partial charge in [0.2, 0.25) is 5.91 Å². The van der Waals surface area contributed by atoms with Crippen molar-refractivity contribution < 1.29 is 24.5 Å². The average Bonchev–Trinajstić information content (AvgIpc) is 3.48. The molecule has 3 heterocycles. The van der Waals surface area contributed by atoms with E-state index in [0.717, 1.165) is 5.56 Å². The first-order valence-corrected chi connectivity index (χ1v) is 11.6. The van der Waals surface area contributed by atoms with Gasteiger partial charge in [-0.3, -0.25) is 14.2 Å². The van der Waals surface area contributed by atoms with Gasteiger partial charge in [0.05, 0.1) is 6.33 Å². The number of aromatic nitrogens is 4. The topological polar surface area (TPSA) is 151 Å². The van der Waals surface area contributed by atoms with Crippen LogP contribution in [0.1, 0.15) is 22.1 Å². The van der Waals surface area contributed by atoms with Crippen molar-refractivity contribution >= 4 is 28.8 Å². The number of hydrogen-bond acceptors (Lipinski definition) is 8. The molecule has 1 fully saturated rings. The molecule has 4 N–H and O–H groups in total. The lowest BCUT2D eigenvalue weighted by molar-refractivity contribution is -0.116. The quantitative estimate of drug-likeness (QED) is 0.279. The number of aliphatic hydroxyl groups excluding tert-OH is 2. The Labute approximate surface area is 211 Å². The molecule has 1 aliphatic heterocycles. The monoisotopic (exact) mass is 500 g/mol. The number of benzene rings is 2. The van der Waals surface area contributed by atoms with E-state index in [0.29, 0.717) is 17.8 Å². The Balaban J connectivity index is 1.28. The fourth-order valence-electron chi connectivity index (χ4n) is 4.00. The van der Waals surface area contributed by atoms with Crippen LogP contribution in [0.4, 0.5) is 5.82 Å². The first-order valence-electron chi connectivity index (χ1n) is 11.6. The SMILES string of the molecule is O=C(/C=C/[C@H]1O[C@@H](n2cnc3c(NC(=O)c4ccccc4)ncnc32)[C@H](O)[C@@H]1O)NCc1ccccc1. The van der Waals surface area contributed by atoms with Crippen LogP contribution in [0.25, 0.3) is 11.2 Å². The molecule has 1 aliphatic rings. The summed E-state index contributed by atoms with van der Waals surface area (Å²) in [6, 6.07) is 18.1. The predicted molar refractivity (Wildman–Crippen MR) is 133 cm³/mol. The average molecular weight is 501 g/mol. The van der Waals surface area contributed by atoms with Crippen LogP contribution >= 0.6 is 0 Å². The van der Waals surface area contributed by atoms with E-state index in [1.54, 1.807) is 24.3 Å². The van der Waals surface area contributed by atoms with Crippen LogP contribution in [0.15, 0.2) is 85.5 Å².